The molecule has 1 amide bonds. The van der Waals surface area contributed by atoms with Gasteiger partial charge in [0, 0.05) is 13.1 Å². The van der Waals surface area contributed by atoms with E-state index in [1.807, 2.05) is 6.92 Å². The Labute approximate surface area is 146 Å². The molecule has 2 N–H and O–H groups in total. The van der Waals surface area contributed by atoms with Crippen molar-refractivity contribution in [3.05, 3.63) is 0 Å². The fourth-order valence-corrected chi connectivity index (χ4v) is 5.08. The van der Waals surface area contributed by atoms with Crippen molar-refractivity contribution in [3.63, 3.8) is 0 Å². The fraction of sp³-hybridized carbons (Fsp3) is 0.933. The first kappa shape index (κ1) is 20.7. The molecule has 2 aliphatic heterocycles. The molecule has 2 saturated heterocycles. The summed E-state index contributed by atoms with van der Waals surface area (Å²) in [4.78, 5) is 12.5. The Bertz CT molecular complexity index is 492. The number of carbonyl (C=O) groups is 1. The molecular weight excluding hydrogens is 338 g/mol. The van der Waals surface area contributed by atoms with Gasteiger partial charge in [0.1, 0.15) is 6.04 Å². The third-order valence-electron chi connectivity index (χ3n) is 4.83. The van der Waals surface area contributed by atoms with E-state index in [2.05, 4.69) is 17.6 Å². The number of rotatable bonds is 6. The SMILES string of the molecule is CCCS(=O)(=O)N1CCCC1C(=O)NCC1(C)CCNCC1.Cl. The Hall–Kier alpha value is -0.370. The van der Waals surface area contributed by atoms with Crippen molar-refractivity contribution in [1.29, 1.82) is 0 Å². The third-order valence-corrected chi connectivity index (χ3v) is 6.90. The van der Waals surface area contributed by atoms with Crippen LogP contribution in [0.4, 0.5) is 0 Å². The van der Waals surface area contributed by atoms with Gasteiger partial charge < -0.3 is 10.6 Å². The molecule has 1 atom stereocenters. The Morgan fingerprint density at radius 2 is 2.00 bits per heavy atom. The molecule has 0 radical (unpaired) electrons. The van der Waals surface area contributed by atoms with Crippen molar-refractivity contribution in [2.45, 2.75) is 52.0 Å². The molecule has 0 aromatic heterocycles. The molecule has 8 heteroatoms. The van der Waals surface area contributed by atoms with Crippen molar-refractivity contribution < 1.29 is 13.2 Å². The smallest absolute Gasteiger partial charge is 0.238 e. The molecule has 6 nitrogen and oxygen atoms in total. The molecule has 0 spiro atoms. The average Bonchev–Trinajstić information content (AvgIpc) is 2.96. The zero-order chi connectivity index (χ0) is 16.2. The Morgan fingerprint density at radius 1 is 1.35 bits per heavy atom. The highest BCUT2D eigenvalue weighted by Gasteiger charge is 2.38. The van der Waals surface area contributed by atoms with E-state index in [4.69, 9.17) is 0 Å². The molecule has 2 fully saturated rings. The molecule has 2 heterocycles. The first-order valence-corrected chi connectivity index (χ1v) is 9.97. The second-order valence-corrected chi connectivity index (χ2v) is 8.90. The van der Waals surface area contributed by atoms with Gasteiger partial charge in [-0.1, -0.05) is 13.8 Å². The molecule has 0 saturated carbocycles. The van der Waals surface area contributed by atoms with Gasteiger partial charge in [0.05, 0.1) is 5.75 Å². The fourth-order valence-electron chi connectivity index (χ4n) is 3.34. The highest BCUT2D eigenvalue weighted by atomic mass is 35.5. The maximum atomic E-state index is 12.5. The van der Waals surface area contributed by atoms with Crippen LogP contribution < -0.4 is 10.6 Å². The number of nitrogens with zero attached hydrogens (tertiary/aromatic N) is 1. The normalized spacial score (nSPS) is 24.9. The van der Waals surface area contributed by atoms with E-state index in [0.29, 0.717) is 25.9 Å². The van der Waals surface area contributed by atoms with Crippen LogP contribution in [0.5, 0.6) is 0 Å². The molecular formula is C15H30ClN3O3S. The van der Waals surface area contributed by atoms with Gasteiger partial charge in [-0.25, -0.2) is 8.42 Å². The minimum atomic E-state index is -3.30. The molecule has 0 aromatic rings. The summed E-state index contributed by atoms with van der Waals surface area (Å²) in [6, 6.07) is -0.512. The first-order chi connectivity index (χ1) is 10.4. The van der Waals surface area contributed by atoms with Crippen LogP contribution in [-0.2, 0) is 14.8 Å². The monoisotopic (exact) mass is 367 g/mol. The Kier molecular flexibility index (Phi) is 7.77. The van der Waals surface area contributed by atoms with Crippen LogP contribution in [0.1, 0.15) is 46.0 Å². The van der Waals surface area contributed by atoms with Gasteiger partial charge in [0.25, 0.3) is 0 Å². The summed E-state index contributed by atoms with van der Waals surface area (Å²) in [6.07, 6.45) is 4.05. The lowest BCUT2D eigenvalue weighted by molar-refractivity contribution is -0.124. The van der Waals surface area contributed by atoms with E-state index in [0.717, 1.165) is 32.4 Å². The van der Waals surface area contributed by atoms with Crippen LogP contribution >= 0.6 is 12.4 Å². The van der Waals surface area contributed by atoms with Crippen molar-refractivity contribution in [2.75, 3.05) is 31.9 Å². The van der Waals surface area contributed by atoms with Crippen molar-refractivity contribution in [3.8, 4) is 0 Å². The molecule has 1 unspecified atom stereocenters. The molecule has 23 heavy (non-hydrogen) atoms. The van der Waals surface area contributed by atoms with Gasteiger partial charge in [-0.05, 0) is 50.6 Å². The van der Waals surface area contributed by atoms with E-state index in [-0.39, 0.29) is 29.5 Å². The van der Waals surface area contributed by atoms with Crippen molar-refractivity contribution in [2.24, 2.45) is 5.41 Å². The van der Waals surface area contributed by atoms with Crippen LogP contribution in [0.2, 0.25) is 0 Å². The van der Waals surface area contributed by atoms with E-state index < -0.39 is 16.1 Å². The third kappa shape index (κ3) is 5.31. The van der Waals surface area contributed by atoms with Gasteiger partial charge in [0.15, 0.2) is 0 Å². The predicted molar refractivity (Wildman–Crippen MR) is 94.3 cm³/mol. The lowest BCUT2D eigenvalue weighted by Crippen LogP contribution is -2.50. The number of sulfonamides is 1. The van der Waals surface area contributed by atoms with Gasteiger partial charge >= 0.3 is 0 Å². The topological polar surface area (TPSA) is 78.5 Å². The minimum absolute atomic E-state index is 0. The molecule has 0 aliphatic carbocycles. The Morgan fingerprint density at radius 3 is 2.61 bits per heavy atom. The zero-order valence-corrected chi connectivity index (χ0v) is 15.8. The molecule has 0 bridgehead atoms. The van der Waals surface area contributed by atoms with Crippen LogP contribution in [0.25, 0.3) is 0 Å². The number of hydrogen-bond donors (Lipinski definition) is 2. The molecule has 136 valence electrons. The maximum absolute atomic E-state index is 12.5. The van der Waals surface area contributed by atoms with Crippen molar-refractivity contribution in [1.82, 2.24) is 14.9 Å². The van der Waals surface area contributed by atoms with Crippen LogP contribution in [-0.4, -0.2) is 56.6 Å². The van der Waals surface area contributed by atoms with Gasteiger partial charge in [0.2, 0.25) is 15.9 Å². The van der Waals surface area contributed by atoms with E-state index in [1.165, 1.54) is 4.31 Å². The predicted octanol–water partition coefficient (Wildman–Crippen LogP) is 1.12. The van der Waals surface area contributed by atoms with E-state index >= 15 is 0 Å². The van der Waals surface area contributed by atoms with Crippen LogP contribution in [0.3, 0.4) is 0 Å². The summed E-state index contributed by atoms with van der Waals surface area (Å²) >= 11 is 0. The summed E-state index contributed by atoms with van der Waals surface area (Å²) < 4.78 is 25.9. The number of carbonyl (C=O) groups excluding carboxylic acids is 1. The molecule has 2 rings (SSSR count). The number of hydrogen-bond acceptors (Lipinski definition) is 4. The largest absolute Gasteiger partial charge is 0.354 e. The number of amides is 1. The first-order valence-electron chi connectivity index (χ1n) is 8.36. The lowest BCUT2D eigenvalue weighted by Gasteiger charge is -2.34. The van der Waals surface area contributed by atoms with Gasteiger partial charge in [-0.3, -0.25) is 4.79 Å². The van der Waals surface area contributed by atoms with Crippen LogP contribution in [0.15, 0.2) is 0 Å². The van der Waals surface area contributed by atoms with Gasteiger partial charge in [-0.15, -0.1) is 12.4 Å². The summed E-state index contributed by atoms with van der Waals surface area (Å²) in [5.74, 6) is -0.00267. The van der Waals surface area contributed by atoms with Crippen LogP contribution in [0, 0.1) is 5.41 Å². The van der Waals surface area contributed by atoms with E-state index in [9.17, 15) is 13.2 Å². The highest BCUT2D eigenvalue weighted by Crippen LogP contribution is 2.27. The summed E-state index contributed by atoms with van der Waals surface area (Å²) in [6.45, 7) is 7.10. The second kappa shape index (κ2) is 8.65. The highest BCUT2D eigenvalue weighted by molar-refractivity contribution is 7.89. The zero-order valence-electron chi connectivity index (χ0n) is 14.1. The summed E-state index contributed by atoms with van der Waals surface area (Å²) in [5.41, 5.74) is 0.118. The quantitative estimate of drug-likeness (QED) is 0.737. The standard InChI is InChI=1S/C15H29N3O3S.ClH/c1-3-11-22(20,21)18-10-4-5-13(18)14(19)17-12-15(2)6-8-16-9-7-15;/h13,16H,3-12H2,1-2H3,(H,17,19);1H. The molecule has 0 aromatic carbocycles. The summed E-state index contributed by atoms with van der Waals surface area (Å²) in [5, 5.41) is 6.33. The van der Waals surface area contributed by atoms with Gasteiger partial charge in [-0.2, -0.15) is 4.31 Å². The summed E-state index contributed by atoms with van der Waals surface area (Å²) in [7, 11) is -3.30. The average molecular weight is 368 g/mol. The number of halogens is 1. The van der Waals surface area contributed by atoms with Crippen molar-refractivity contribution >= 4 is 28.3 Å². The lowest BCUT2D eigenvalue weighted by atomic mass is 9.81. The Balaban J connectivity index is 0.00000264. The second-order valence-electron chi connectivity index (χ2n) is 6.86. The molecule has 2 aliphatic rings. The number of nitrogens with one attached hydrogen (secondary N) is 2. The number of piperidine rings is 1. The van der Waals surface area contributed by atoms with E-state index in [1.54, 1.807) is 0 Å². The maximum Gasteiger partial charge on any atom is 0.238 e. The minimum Gasteiger partial charge on any atom is -0.354 e.